The Balaban J connectivity index is 2.75. The maximum Gasteiger partial charge on any atom is 0.307 e. The van der Waals surface area contributed by atoms with Crippen LogP contribution < -0.4 is 5.32 Å². The lowest BCUT2D eigenvalue weighted by Gasteiger charge is -2.07. The second kappa shape index (κ2) is 6.20. The molecule has 0 saturated carbocycles. The summed E-state index contributed by atoms with van der Waals surface area (Å²) in [4.78, 5) is 20.9. The van der Waals surface area contributed by atoms with Crippen molar-refractivity contribution < 1.29 is 14.5 Å². The first-order valence-corrected chi connectivity index (χ1v) is 5.07. The molecule has 0 aliphatic rings. The Hall–Kier alpha value is -2.62. The van der Waals surface area contributed by atoms with Crippen molar-refractivity contribution in [3.63, 3.8) is 0 Å². The van der Waals surface area contributed by atoms with Crippen LogP contribution in [0.1, 0.15) is 12.0 Å². The number of nitriles is 1. The highest BCUT2D eigenvalue weighted by Gasteiger charge is 2.10. The van der Waals surface area contributed by atoms with Crippen molar-refractivity contribution in [3.8, 4) is 6.07 Å². The lowest BCUT2D eigenvalue weighted by molar-refractivity contribution is -0.384. The van der Waals surface area contributed by atoms with Crippen LogP contribution in [0.3, 0.4) is 0 Å². The lowest BCUT2D eigenvalue weighted by Crippen LogP contribution is -2.10. The van der Waals surface area contributed by atoms with Gasteiger partial charge in [0.05, 0.1) is 29.7 Å². The number of non-ortho nitro benzene ring substituents is 1. The van der Waals surface area contributed by atoms with Gasteiger partial charge in [0.1, 0.15) is 6.07 Å². The Morgan fingerprint density at radius 3 is 2.89 bits per heavy atom. The van der Waals surface area contributed by atoms with E-state index in [0.717, 1.165) is 0 Å². The number of carbonyl (C=O) groups excluding carboxylic acids is 1. The summed E-state index contributed by atoms with van der Waals surface area (Å²) < 4.78 is 4.46. The number of benzene rings is 1. The van der Waals surface area contributed by atoms with E-state index in [0.29, 0.717) is 12.2 Å². The average Bonchev–Trinajstić information content (AvgIpc) is 2.38. The molecule has 1 rings (SSSR count). The molecule has 0 aliphatic carbocycles. The summed E-state index contributed by atoms with van der Waals surface area (Å²) in [6.07, 6.45) is 0.151. The fraction of sp³-hybridized carbons (Fsp3) is 0.273. The molecule has 7 nitrogen and oxygen atoms in total. The van der Waals surface area contributed by atoms with E-state index in [1.807, 2.05) is 6.07 Å². The Morgan fingerprint density at radius 1 is 1.61 bits per heavy atom. The lowest BCUT2D eigenvalue weighted by atomic mass is 10.1. The highest BCUT2D eigenvalue weighted by molar-refractivity contribution is 5.70. The van der Waals surface area contributed by atoms with Gasteiger partial charge in [0.2, 0.25) is 0 Å². The van der Waals surface area contributed by atoms with Gasteiger partial charge in [-0.3, -0.25) is 14.9 Å². The Morgan fingerprint density at radius 2 is 2.33 bits per heavy atom. The number of carbonyl (C=O) groups is 1. The molecule has 0 saturated heterocycles. The zero-order valence-electron chi connectivity index (χ0n) is 9.67. The van der Waals surface area contributed by atoms with E-state index in [2.05, 4.69) is 10.1 Å². The number of esters is 1. The summed E-state index contributed by atoms with van der Waals surface area (Å²) >= 11 is 0. The zero-order valence-corrected chi connectivity index (χ0v) is 9.67. The molecular weight excluding hydrogens is 238 g/mol. The predicted molar refractivity (Wildman–Crippen MR) is 62.9 cm³/mol. The highest BCUT2D eigenvalue weighted by Crippen LogP contribution is 2.21. The van der Waals surface area contributed by atoms with E-state index in [4.69, 9.17) is 5.26 Å². The van der Waals surface area contributed by atoms with Crippen LogP contribution in [0.25, 0.3) is 0 Å². The first-order chi connectivity index (χ1) is 8.58. The number of methoxy groups -OCH3 is 1. The van der Waals surface area contributed by atoms with Gasteiger partial charge in [-0.25, -0.2) is 0 Å². The van der Waals surface area contributed by atoms with Crippen molar-refractivity contribution in [1.82, 2.24) is 0 Å². The van der Waals surface area contributed by atoms with Crippen LogP contribution in [-0.2, 0) is 9.53 Å². The van der Waals surface area contributed by atoms with Crippen LogP contribution in [0.2, 0.25) is 0 Å². The van der Waals surface area contributed by atoms with Gasteiger partial charge >= 0.3 is 5.97 Å². The van der Waals surface area contributed by atoms with Gasteiger partial charge in [-0.1, -0.05) is 0 Å². The van der Waals surface area contributed by atoms with Gasteiger partial charge in [0.25, 0.3) is 5.69 Å². The summed E-state index contributed by atoms with van der Waals surface area (Å²) in [5.41, 5.74) is 0.464. The van der Waals surface area contributed by atoms with Crippen molar-refractivity contribution in [3.05, 3.63) is 33.9 Å². The topological polar surface area (TPSA) is 105 Å². The van der Waals surface area contributed by atoms with Crippen LogP contribution in [0.15, 0.2) is 18.2 Å². The average molecular weight is 249 g/mol. The molecule has 0 heterocycles. The first kappa shape index (κ1) is 13.4. The van der Waals surface area contributed by atoms with E-state index in [9.17, 15) is 14.9 Å². The van der Waals surface area contributed by atoms with Crippen molar-refractivity contribution in [2.45, 2.75) is 6.42 Å². The number of hydrogen-bond donors (Lipinski definition) is 1. The number of hydrogen-bond acceptors (Lipinski definition) is 6. The minimum atomic E-state index is -0.570. The molecule has 1 N–H and O–H groups in total. The number of nitrogens with zero attached hydrogens (tertiary/aromatic N) is 2. The second-order valence-electron chi connectivity index (χ2n) is 3.35. The van der Waals surface area contributed by atoms with Gasteiger partial charge in [0, 0.05) is 18.7 Å². The third kappa shape index (κ3) is 3.45. The number of anilines is 1. The van der Waals surface area contributed by atoms with E-state index in [1.54, 1.807) is 0 Å². The third-order valence-electron chi connectivity index (χ3n) is 2.21. The Bertz CT molecular complexity index is 508. The fourth-order valence-corrected chi connectivity index (χ4v) is 1.29. The fourth-order valence-electron chi connectivity index (χ4n) is 1.29. The molecular formula is C11H11N3O4. The molecule has 0 aromatic heterocycles. The number of ether oxygens (including phenoxy) is 1. The SMILES string of the molecule is COC(=O)CCNc1ccc([N+](=O)[O-])cc1C#N. The molecule has 0 fully saturated rings. The summed E-state index contributed by atoms with van der Waals surface area (Å²) in [5.74, 6) is -0.372. The molecule has 0 aliphatic heterocycles. The molecule has 94 valence electrons. The smallest absolute Gasteiger partial charge is 0.307 e. The molecule has 18 heavy (non-hydrogen) atoms. The molecule has 0 radical (unpaired) electrons. The van der Waals surface area contributed by atoms with E-state index >= 15 is 0 Å². The van der Waals surface area contributed by atoms with E-state index in [-0.39, 0.29) is 23.6 Å². The largest absolute Gasteiger partial charge is 0.469 e. The molecule has 0 unspecified atom stereocenters. The van der Waals surface area contributed by atoms with Crippen LogP contribution in [-0.4, -0.2) is 24.5 Å². The number of rotatable bonds is 5. The maximum atomic E-state index is 10.9. The summed E-state index contributed by atoms with van der Waals surface area (Å²) in [6.45, 7) is 0.291. The van der Waals surface area contributed by atoms with E-state index < -0.39 is 4.92 Å². The number of nitrogens with one attached hydrogen (secondary N) is 1. The molecule has 0 amide bonds. The van der Waals surface area contributed by atoms with Gasteiger partial charge in [-0.05, 0) is 6.07 Å². The molecule has 1 aromatic carbocycles. The molecule has 0 spiro atoms. The van der Waals surface area contributed by atoms with Crippen LogP contribution in [0, 0.1) is 21.4 Å². The number of nitro benzene ring substituents is 1. The second-order valence-corrected chi connectivity index (χ2v) is 3.35. The Kier molecular flexibility index (Phi) is 4.63. The van der Waals surface area contributed by atoms with Crippen molar-refractivity contribution >= 4 is 17.3 Å². The molecule has 7 heteroatoms. The van der Waals surface area contributed by atoms with E-state index in [1.165, 1.54) is 25.3 Å². The van der Waals surface area contributed by atoms with Crippen molar-refractivity contribution in [2.24, 2.45) is 0 Å². The normalized spacial score (nSPS) is 9.33. The summed E-state index contributed by atoms with van der Waals surface area (Å²) in [5, 5.41) is 22.3. The standard InChI is InChI=1S/C11H11N3O4/c1-18-11(15)4-5-13-10-3-2-9(14(16)17)6-8(10)7-12/h2-3,6,13H,4-5H2,1H3. The summed E-state index contributed by atoms with van der Waals surface area (Å²) in [6, 6.07) is 5.77. The van der Waals surface area contributed by atoms with Gasteiger partial charge in [-0.15, -0.1) is 0 Å². The predicted octanol–water partition coefficient (Wildman–Crippen LogP) is 1.44. The quantitative estimate of drug-likeness (QED) is 0.481. The van der Waals surface area contributed by atoms with Crippen LogP contribution >= 0.6 is 0 Å². The third-order valence-corrected chi connectivity index (χ3v) is 2.21. The van der Waals surface area contributed by atoms with Gasteiger partial charge in [-0.2, -0.15) is 5.26 Å². The van der Waals surface area contributed by atoms with Crippen LogP contribution in [0.5, 0.6) is 0 Å². The molecule has 1 aromatic rings. The Labute approximate surface area is 103 Å². The summed E-state index contributed by atoms with van der Waals surface area (Å²) in [7, 11) is 1.29. The van der Waals surface area contributed by atoms with Gasteiger partial charge < -0.3 is 10.1 Å². The minimum absolute atomic E-state index is 0.148. The first-order valence-electron chi connectivity index (χ1n) is 5.07. The molecule has 0 bridgehead atoms. The highest BCUT2D eigenvalue weighted by atomic mass is 16.6. The minimum Gasteiger partial charge on any atom is -0.469 e. The van der Waals surface area contributed by atoms with Gasteiger partial charge in [0.15, 0.2) is 0 Å². The number of nitro groups is 1. The van der Waals surface area contributed by atoms with Crippen molar-refractivity contribution in [2.75, 3.05) is 19.0 Å². The maximum absolute atomic E-state index is 10.9. The molecule has 0 atom stereocenters. The van der Waals surface area contributed by atoms with Crippen molar-refractivity contribution in [1.29, 1.82) is 5.26 Å². The van der Waals surface area contributed by atoms with Crippen LogP contribution in [0.4, 0.5) is 11.4 Å². The zero-order chi connectivity index (χ0) is 13.5. The monoisotopic (exact) mass is 249 g/mol.